The molecule has 0 aliphatic carbocycles. The van der Waals surface area contributed by atoms with Crippen LogP contribution in [-0.2, 0) is 14.3 Å². The molecule has 5 heterocycles. The van der Waals surface area contributed by atoms with Crippen molar-refractivity contribution in [2.75, 3.05) is 19.6 Å². The van der Waals surface area contributed by atoms with Gasteiger partial charge >= 0.3 is 0 Å². The maximum absolute atomic E-state index is 13.5. The lowest BCUT2D eigenvalue weighted by Gasteiger charge is -2.35. The van der Waals surface area contributed by atoms with Crippen molar-refractivity contribution >= 4 is 28.9 Å². The lowest BCUT2D eigenvalue weighted by Crippen LogP contribution is -2.48. The summed E-state index contributed by atoms with van der Waals surface area (Å²) >= 11 is 1.49. The van der Waals surface area contributed by atoms with Crippen LogP contribution in [0.15, 0.2) is 12.2 Å². The molecule has 2 amide bonds. The number of amides is 2. The fourth-order valence-corrected chi connectivity index (χ4v) is 6.85. The fourth-order valence-electron chi connectivity index (χ4n) is 5.72. The van der Waals surface area contributed by atoms with Gasteiger partial charge < -0.3 is 14.5 Å². The number of aromatic nitrogens is 1. The second kappa shape index (κ2) is 7.24. The van der Waals surface area contributed by atoms with Crippen LogP contribution in [0.1, 0.15) is 59.9 Å². The van der Waals surface area contributed by atoms with Gasteiger partial charge in [0.2, 0.25) is 11.8 Å². The van der Waals surface area contributed by atoms with Crippen LogP contribution >= 0.6 is 11.3 Å². The Bertz CT molecular complexity index is 977. The Morgan fingerprint density at radius 3 is 2.61 bits per heavy atom. The first-order valence-electron chi connectivity index (χ1n) is 11.2. The number of fused-ring (bicyclic) bond motifs is 1. The van der Waals surface area contributed by atoms with E-state index in [1.165, 1.54) is 11.3 Å². The number of hydrogen-bond donors (Lipinski definition) is 0. The highest BCUT2D eigenvalue weighted by Crippen LogP contribution is 2.53. The Kier molecular flexibility index (Phi) is 4.86. The highest BCUT2D eigenvalue weighted by molar-refractivity contribution is 7.13. The van der Waals surface area contributed by atoms with Crippen LogP contribution in [0.3, 0.4) is 0 Å². The number of carbonyl (C=O) groups is 3. The first kappa shape index (κ1) is 20.8. The molecule has 4 atom stereocenters. The third kappa shape index (κ3) is 3.09. The van der Waals surface area contributed by atoms with Crippen molar-refractivity contribution in [2.45, 2.75) is 64.2 Å². The average molecular weight is 444 g/mol. The van der Waals surface area contributed by atoms with Gasteiger partial charge in [0.15, 0.2) is 5.78 Å². The second-order valence-electron chi connectivity index (χ2n) is 9.58. The fraction of sp³-hybridized carbons (Fsp3) is 0.652. The maximum atomic E-state index is 13.5. The first-order valence-corrected chi connectivity index (χ1v) is 12.0. The molecule has 5 rings (SSSR count). The number of ketones is 1. The van der Waals surface area contributed by atoms with Gasteiger partial charge in [-0.05, 0) is 33.6 Å². The van der Waals surface area contributed by atoms with Gasteiger partial charge in [0.05, 0.1) is 40.1 Å². The van der Waals surface area contributed by atoms with Crippen molar-refractivity contribution in [3.63, 3.8) is 0 Å². The van der Waals surface area contributed by atoms with E-state index >= 15 is 0 Å². The number of hydrogen-bond acceptors (Lipinski definition) is 6. The summed E-state index contributed by atoms with van der Waals surface area (Å²) in [4.78, 5) is 47.6. The van der Waals surface area contributed by atoms with Crippen LogP contribution in [0.5, 0.6) is 0 Å². The molecule has 8 heteroatoms. The highest BCUT2D eigenvalue weighted by atomic mass is 32.1. The Balaban J connectivity index is 1.29. The van der Waals surface area contributed by atoms with Gasteiger partial charge in [-0.25, -0.2) is 4.98 Å². The molecule has 4 aliphatic rings. The Morgan fingerprint density at radius 1 is 1.29 bits per heavy atom. The molecular formula is C23H29N3O4S. The van der Waals surface area contributed by atoms with Crippen LogP contribution in [0.4, 0.5) is 0 Å². The van der Waals surface area contributed by atoms with E-state index in [4.69, 9.17) is 4.74 Å². The number of carbonyl (C=O) groups excluding carboxylic acids is 3. The SMILES string of the molecule is CC(=O)c1sc(C2CCN(C(=O)[C@H]3[C@@H]4C=C[C@]5(CN(C(C)C)C(=O)[C@H]35)O4)CC2)nc1C. The van der Waals surface area contributed by atoms with E-state index in [2.05, 4.69) is 4.98 Å². The van der Waals surface area contributed by atoms with E-state index in [9.17, 15) is 14.4 Å². The average Bonchev–Trinajstić information content (AvgIpc) is 3.47. The van der Waals surface area contributed by atoms with E-state index in [0.717, 1.165) is 28.4 Å². The van der Waals surface area contributed by atoms with E-state index in [0.29, 0.717) is 19.6 Å². The smallest absolute Gasteiger partial charge is 0.230 e. The molecule has 1 spiro atoms. The molecule has 166 valence electrons. The summed E-state index contributed by atoms with van der Waals surface area (Å²) in [7, 11) is 0. The molecule has 31 heavy (non-hydrogen) atoms. The topological polar surface area (TPSA) is 79.8 Å². The molecular weight excluding hydrogens is 414 g/mol. The van der Waals surface area contributed by atoms with Crippen LogP contribution < -0.4 is 0 Å². The largest absolute Gasteiger partial charge is 0.360 e. The third-order valence-electron chi connectivity index (χ3n) is 7.33. The van der Waals surface area contributed by atoms with Crippen molar-refractivity contribution in [3.8, 4) is 0 Å². The molecule has 3 fully saturated rings. The van der Waals surface area contributed by atoms with Crippen LogP contribution in [0.25, 0.3) is 0 Å². The predicted molar refractivity (Wildman–Crippen MR) is 116 cm³/mol. The third-order valence-corrected chi connectivity index (χ3v) is 8.75. The van der Waals surface area contributed by atoms with Crippen molar-refractivity contribution in [1.82, 2.24) is 14.8 Å². The number of Topliss-reactive ketones (excluding diaryl/α,β-unsaturated/α-hetero) is 1. The summed E-state index contributed by atoms with van der Waals surface area (Å²) in [5.41, 5.74) is 0.170. The second-order valence-corrected chi connectivity index (χ2v) is 10.6. The summed E-state index contributed by atoms with van der Waals surface area (Å²) < 4.78 is 6.23. The normalized spacial score (nSPS) is 32.4. The van der Waals surface area contributed by atoms with E-state index < -0.39 is 17.4 Å². The number of likely N-dealkylation sites (tertiary alicyclic amines) is 2. The zero-order valence-corrected chi connectivity index (χ0v) is 19.3. The summed E-state index contributed by atoms with van der Waals surface area (Å²) in [6.45, 7) is 9.30. The molecule has 4 aliphatic heterocycles. The summed E-state index contributed by atoms with van der Waals surface area (Å²) in [6.07, 6.45) is 5.34. The number of thiazole rings is 1. The van der Waals surface area contributed by atoms with Crippen LogP contribution in [0, 0.1) is 18.8 Å². The van der Waals surface area contributed by atoms with Crippen LogP contribution in [0.2, 0.25) is 0 Å². The first-order chi connectivity index (χ1) is 14.7. The van der Waals surface area contributed by atoms with Crippen molar-refractivity contribution in [3.05, 3.63) is 27.7 Å². The van der Waals surface area contributed by atoms with E-state index in [1.54, 1.807) is 6.92 Å². The van der Waals surface area contributed by atoms with Gasteiger partial charge in [-0.1, -0.05) is 12.2 Å². The van der Waals surface area contributed by atoms with E-state index in [-0.39, 0.29) is 35.7 Å². The lowest BCUT2D eigenvalue weighted by molar-refractivity contribution is -0.144. The number of rotatable bonds is 4. The number of nitrogens with zero attached hydrogens (tertiary/aromatic N) is 3. The van der Waals surface area contributed by atoms with E-state index in [1.807, 2.05) is 42.7 Å². The monoisotopic (exact) mass is 443 g/mol. The molecule has 0 radical (unpaired) electrons. The predicted octanol–water partition coefficient (Wildman–Crippen LogP) is 2.55. The number of aryl methyl sites for hydroxylation is 1. The van der Waals surface area contributed by atoms with Gasteiger partial charge in [-0.2, -0.15) is 0 Å². The molecule has 0 saturated carbocycles. The van der Waals surface area contributed by atoms with Gasteiger partial charge in [0.25, 0.3) is 0 Å². The van der Waals surface area contributed by atoms with Gasteiger partial charge in [-0.3, -0.25) is 14.4 Å². The minimum Gasteiger partial charge on any atom is -0.360 e. The Labute approximate surface area is 186 Å². The van der Waals surface area contributed by atoms with Crippen molar-refractivity contribution in [1.29, 1.82) is 0 Å². The lowest BCUT2D eigenvalue weighted by atomic mass is 9.76. The van der Waals surface area contributed by atoms with Crippen molar-refractivity contribution < 1.29 is 19.1 Å². The highest BCUT2D eigenvalue weighted by Gasteiger charge is 2.67. The van der Waals surface area contributed by atoms with Crippen LogP contribution in [-0.4, -0.2) is 69.8 Å². The maximum Gasteiger partial charge on any atom is 0.230 e. The minimum atomic E-state index is -0.633. The molecule has 2 bridgehead atoms. The molecule has 0 N–H and O–H groups in total. The molecule has 1 aromatic heterocycles. The van der Waals surface area contributed by atoms with Gasteiger partial charge in [0.1, 0.15) is 5.60 Å². The molecule has 0 unspecified atom stereocenters. The summed E-state index contributed by atoms with van der Waals surface area (Å²) in [5.74, 6) is -0.417. The number of piperidine rings is 1. The van der Waals surface area contributed by atoms with Crippen molar-refractivity contribution in [2.24, 2.45) is 11.8 Å². The quantitative estimate of drug-likeness (QED) is 0.528. The van der Waals surface area contributed by atoms with Gasteiger partial charge in [-0.15, -0.1) is 11.3 Å². The standard InChI is InChI=1S/C23H29N3O4S/c1-12(2)26-11-23-8-5-16(30-23)17(18(23)22(26)29)21(28)25-9-6-15(7-10-25)20-24-13(3)19(31-20)14(4)27/h5,8,12,15-18H,6-7,9-11H2,1-4H3/t16-,17-,18-,23+/m0/s1. The summed E-state index contributed by atoms with van der Waals surface area (Å²) in [5, 5.41) is 0.999. The zero-order chi connectivity index (χ0) is 22.1. The zero-order valence-electron chi connectivity index (χ0n) is 18.5. The Morgan fingerprint density at radius 2 is 2.00 bits per heavy atom. The number of ether oxygens (including phenoxy) is 1. The Hall–Kier alpha value is -2.06. The molecule has 0 aromatic carbocycles. The van der Waals surface area contributed by atoms with Gasteiger partial charge in [0, 0.05) is 32.0 Å². The minimum absolute atomic E-state index is 0.0402. The molecule has 7 nitrogen and oxygen atoms in total. The summed E-state index contributed by atoms with van der Waals surface area (Å²) in [6, 6.07) is 0.0941. The molecule has 1 aromatic rings. The molecule has 3 saturated heterocycles.